The molecule has 1 aromatic rings. The molecule has 2 rings (SSSR count). The first-order chi connectivity index (χ1) is 8.50. The maximum atomic E-state index is 11.3. The molecule has 0 bridgehead atoms. The van der Waals surface area contributed by atoms with Crippen molar-refractivity contribution in [3.05, 3.63) is 11.3 Å². The molecule has 0 spiro atoms. The number of likely N-dealkylation sites (N-methyl/N-ethyl adjacent to an activating group) is 1. The van der Waals surface area contributed by atoms with Gasteiger partial charge in [0.25, 0.3) is 0 Å². The molecule has 1 aliphatic heterocycles. The highest BCUT2D eigenvalue weighted by Gasteiger charge is 2.22. The lowest BCUT2D eigenvalue weighted by Crippen LogP contribution is -3.09. The molecule has 1 aliphatic rings. The first kappa shape index (κ1) is 12.9. The number of hydrogen-bond donors (Lipinski definition) is 1. The van der Waals surface area contributed by atoms with Gasteiger partial charge in [0.1, 0.15) is 5.82 Å². The second-order valence-corrected chi connectivity index (χ2v) is 4.99. The number of anilines is 1. The number of quaternary nitrogens is 1. The minimum Gasteiger partial charge on any atom is -0.545 e. The summed E-state index contributed by atoms with van der Waals surface area (Å²) >= 11 is 0. The van der Waals surface area contributed by atoms with E-state index in [2.05, 4.69) is 17.0 Å². The number of carboxylic acids is 1. The topological polar surface area (TPSA) is 65.6 Å². The van der Waals surface area contributed by atoms with Gasteiger partial charge in [0.15, 0.2) is 0 Å². The lowest BCUT2D eigenvalue weighted by atomic mass is 10.2. The molecule has 100 valence electrons. The summed E-state index contributed by atoms with van der Waals surface area (Å²) in [6.07, 6.45) is 1.06. The summed E-state index contributed by atoms with van der Waals surface area (Å²) in [5.41, 5.74) is 0.759. The average Bonchev–Trinajstić information content (AvgIpc) is 2.46. The quantitative estimate of drug-likeness (QED) is 0.650. The van der Waals surface area contributed by atoms with Crippen molar-refractivity contribution in [1.29, 1.82) is 0 Å². The van der Waals surface area contributed by atoms with Crippen LogP contribution >= 0.6 is 0 Å². The summed E-state index contributed by atoms with van der Waals surface area (Å²) < 4.78 is 1.65. The van der Waals surface area contributed by atoms with Gasteiger partial charge in [-0.2, -0.15) is 5.10 Å². The van der Waals surface area contributed by atoms with Crippen molar-refractivity contribution in [2.45, 2.75) is 13.3 Å². The third kappa shape index (κ3) is 2.33. The number of aromatic nitrogens is 2. The van der Waals surface area contributed by atoms with Crippen LogP contribution in [0.5, 0.6) is 0 Å². The summed E-state index contributed by atoms with van der Waals surface area (Å²) in [6, 6.07) is 0. The zero-order valence-electron chi connectivity index (χ0n) is 11.2. The Hall–Kier alpha value is -1.56. The first-order valence-corrected chi connectivity index (χ1v) is 6.32. The lowest BCUT2D eigenvalue weighted by Gasteiger charge is -2.23. The van der Waals surface area contributed by atoms with Crippen LogP contribution in [0.1, 0.15) is 22.5 Å². The Balaban J connectivity index is 2.34. The summed E-state index contributed by atoms with van der Waals surface area (Å²) in [5.74, 6) is -0.456. The minimum absolute atomic E-state index is 0.233. The number of nitrogens with zero attached hydrogens (tertiary/aromatic N) is 3. The van der Waals surface area contributed by atoms with Crippen LogP contribution in [0.3, 0.4) is 0 Å². The number of carbonyl (C=O) groups is 1. The van der Waals surface area contributed by atoms with E-state index >= 15 is 0 Å². The van der Waals surface area contributed by atoms with Crippen molar-refractivity contribution < 1.29 is 14.8 Å². The monoisotopic (exact) mass is 252 g/mol. The van der Waals surface area contributed by atoms with Gasteiger partial charge in [0, 0.05) is 20.0 Å². The van der Waals surface area contributed by atoms with Crippen molar-refractivity contribution in [1.82, 2.24) is 9.78 Å². The molecule has 6 nitrogen and oxygen atoms in total. The van der Waals surface area contributed by atoms with E-state index in [-0.39, 0.29) is 5.56 Å². The third-order valence-electron chi connectivity index (χ3n) is 3.54. The van der Waals surface area contributed by atoms with Crippen molar-refractivity contribution in [2.24, 2.45) is 7.05 Å². The van der Waals surface area contributed by atoms with E-state index in [1.807, 2.05) is 0 Å². The smallest absolute Gasteiger partial charge is 0.136 e. The molecular weight excluding hydrogens is 232 g/mol. The van der Waals surface area contributed by atoms with Crippen molar-refractivity contribution in [2.75, 3.05) is 38.1 Å². The predicted molar refractivity (Wildman–Crippen MR) is 65.7 cm³/mol. The summed E-state index contributed by atoms with van der Waals surface area (Å²) in [4.78, 5) is 14.8. The Labute approximate surface area is 107 Å². The molecule has 18 heavy (non-hydrogen) atoms. The van der Waals surface area contributed by atoms with Gasteiger partial charge in [-0.3, -0.25) is 4.68 Å². The normalized spacial score (nSPS) is 20.8. The average molecular weight is 252 g/mol. The number of carboxylic acid groups (broad SMARTS) is 1. The molecule has 0 saturated carbocycles. The van der Waals surface area contributed by atoms with Crippen LogP contribution in [-0.4, -0.2) is 49.0 Å². The maximum Gasteiger partial charge on any atom is 0.136 e. The van der Waals surface area contributed by atoms with E-state index in [9.17, 15) is 9.90 Å². The molecule has 2 heterocycles. The van der Waals surface area contributed by atoms with E-state index in [4.69, 9.17) is 0 Å². The molecule has 1 unspecified atom stereocenters. The van der Waals surface area contributed by atoms with Crippen LogP contribution in [-0.2, 0) is 7.05 Å². The second kappa shape index (κ2) is 4.97. The molecule has 1 aromatic heterocycles. The number of aromatic carboxylic acids is 1. The second-order valence-electron chi connectivity index (χ2n) is 4.99. The third-order valence-corrected chi connectivity index (χ3v) is 3.54. The lowest BCUT2D eigenvalue weighted by molar-refractivity contribution is -0.876. The minimum atomic E-state index is -1.14. The van der Waals surface area contributed by atoms with Gasteiger partial charge in [-0.25, -0.2) is 0 Å². The van der Waals surface area contributed by atoms with Crippen LogP contribution < -0.4 is 14.9 Å². The number of rotatable bonds is 2. The van der Waals surface area contributed by atoms with E-state index in [0.717, 1.165) is 32.6 Å². The van der Waals surface area contributed by atoms with Gasteiger partial charge in [-0.05, 0) is 6.92 Å². The zero-order chi connectivity index (χ0) is 13.3. The Morgan fingerprint density at radius 1 is 1.39 bits per heavy atom. The zero-order valence-corrected chi connectivity index (χ0v) is 11.2. The molecular formula is C12H20N4O2. The van der Waals surface area contributed by atoms with E-state index in [1.165, 1.54) is 4.90 Å². The van der Waals surface area contributed by atoms with Gasteiger partial charge >= 0.3 is 0 Å². The fourth-order valence-corrected chi connectivity index (χ4v) is 2.59. The molecule has 0 aromatic carbocycles. The largest absolute Gasteiger partial charge is 0.545 e. The van der Waals surface area contributed by atoms with Gasteiger partial charge in [-0.1, -0.05) is 0 Å². The molecule has 0 aliphatic carbocycles. The number of aryl methyl sites for hydroxylation is 2. The van der Waals surface area contributed by atoms with Gasteiger partial charge < -0.3 is 19.7 Å². The van der Waals surface area contributed by atoms with Crippen LogP contribution in [0.25, 0.3) is 0 Å². The standard InChI is InChI=1S/C12H20N4O2/c1-9-10(12(17)18)11(15(3)13-9)16-6-4-5-14(2)7-8-16/h4-8H2,1-3H3,(H,17,18). The molecule has 1 saturated heterocycles. The van der Waals surface area contributed by atoms with Gasteiger partial charge in [0.05, 0.1) is 43.9 Å². The highest BCUT2D eigenvalue weighted by Crippen LogP contribution is 2.22. The highest BCUT2D eigenvalue weighted by molar-refractivity contribution is 5.93. The first-order valence-electron chi connectivity index (χ1n) is 6.32. The van der Waals surface area contributed by atoms with Crippen LogP contribution in [0.2, 0.25) is 0 Å². The summed E-state index contributed by atoms with van der Waals surface area (Å²) in [6.45, 7) is 5.57. The molecule has 1 atom stereocenters. The number of hydrogen-bond acceptors (Lipinski definition) is 4. The van der Waals surface area contributed by atoms with E-state index in [1.54, 1.807) is 18.7 Å². The highest BCUT2D eigenvalue weighted by atomic mass is 16.4. The van der Waals surface area contributed by atoms with E-state index in [0.29, 0.717) is 11.5 Å². The molecule has 1 fully saturated rings. The Bertz CT molecular complexity index is 455. The van der Waals surface area contributed by atoms with Crippen molar-refractivity contribution >= 4 is 11.8 Å². The van der Waals surface area contributed by atoms with Gasteiger partial charge in [-0.15, -0.1) is 0 Å². The molecule has 0 amide bonds. The summed E-state index contributed by atoms with van der Waals surface area (Å²) in [7, 11) is 3.95. The predicted octanol–water partition coefficient (Wildman–Crippen LogP) is -2.18. The van der Waals surface area contributed by atoms with Crippen molar-refractivity contribution in [3.63, 3.8) is 0 Å². The van der Waals surface area contributed by atoms with Crippen LogP contribution in [0, 0.1) is 6.92 Å². The molecule has 0 radical (unpaired) electrons. The van der Waals surface area contributed by atoms with Crippen LogP contribution in [0.15, 0.2) is 0 Å². The van der Waals surface area contributed by atoms with Gasteiger partial charge in [0.2, 0.25) is 0 Å². The number of nitrogens with one attached hydrogen (secondary N) is 1. The maximum absolute atomic E-state index is 11.3. The van der Waals surface area contributed by atoms with Crippen LogP contribution in [0.4, 0.5) is 5.82 Å². The Morgan fingerprint density at radius 3 is 2.78 bits per heavy atom. The molecule has 1 N–H and O–H groups in total. The van der Waals surface area contributed by atoms with E-state index < -0.39 is 5.97 Å². The Morgan fingerprint density at radius 2 is 2.11 bits per heavy atom. The number of carbonyl (C=O) groups excluding carboxylic acids is 1. The Kier molecular flexibility index (Phi) is 3.56. The van der Waals surface area contributed by atoms with Crippen molar-refractivity contribution in [3.8, 4) is 0 Å². The fraction of sp³-hybridized carbons (Fsp3) is 0.667. The summed E-state index contributed by atoms with van der Waals surface area (Å²) in [5, 5.41) is 15.5. The SMILES string of the molecule is Cc1nn(C)c(N2CCC[NH+](C)CC2)c1C(=O)[O-]. The molecule has 6 heteroatoms. The fourth-order valence-electron chi connectivity index (χ4n) is 2.59.